The molecule has 1 rings (SSSR count). The van der Waals surface area contributed by atoms with E-state index >= 15 is 0 Å². The van der Waals surface area contributed by atoms with Gasteiger partial charge in [-0.1, -0.05) is 207 Å². The molecule has 0 amide bonds. The number of carbonyl (C=O) groups excluding carboxylic acids is 3. The fourth-order valence-corrected chi connectivity index (χ4v) is 8.58. The van der Waals surface area contributed by atoms with Crippen LogP contribution >= 0.6 is 0 Å². The number of hydrogen-bond donors (Lipinski definition) is 3. The molecule has 1 heterocycles. The number of aliphatic hydroxyl groups excluding tert-OH is 2. The molecule has 0 radical (unpaired) electrons. The van der Waals surface area contributed by atoms with E-state index in [1.807, 2.05) is 12.2 Å². The number of unbranched alkanes of at least 4 members (excludes halogenated alkanes) is 19. The fourth-order valence-electron chi connectivity index (χ4n) is 8.58. The summed E-state index contributed by atoms with van der Waals surface area (Å²) in [6.45, 7) is 5.77. The first-order valence-electron chi connectivity index (χ1n) is 30.9. The molecular weight excluding hydrogens is 997 g/mol. The van der Waals surface area contributed by atoms with E-state index in [9.17, 15) is 34.5 Å². The number of carboxylic acid groups (broad SMARTS) is 1. The molecule has 0 aromatic heterocycles. The quantitative estimate of drug-likeness (QED) is 0.0228. The van der Waals surface area contributed by atoms with Gasteiger partial charge >= 0.3 is 23.9 Å². The van der Waals surface area contributed by atoms with Gasteiger partial charge in [0.2, 0.25) is 0 Å². The van der Waals surface area contributed by atoms with Crippen molar-refractivity contribution < 1.29 is 58.2 Å². The average molecular weight is 1110 g/mol. The van der Waals surface area contributed by atoms with Gasteiger partial charge in [-0.3, -0.25) is 14.4 Å². The van der Waals surface area contributed by atoms with Crippen molar-refractivity contribution in [3.8, 4) is 0 Å². The van der Waals surface area contributed by atoms with Crippen LogP contribution in [0.1, 0.15) is 239 Å². The molecule has 6 unspecified atom stereocenters. The minimum atomic E-state index is -1.92. The van der Waals surface area contributed by atoms with Crippen molar-refractivity contribution in [3.63, 3.8) is 0 Å². The van der Waals surface area contributed by atoms with Crippen molar-refractivity contribution in [2.24, 2.45) is 0 Å². The minimum Gasteiger partial charge on any atom is -0.479 e. The van der Waals surface area contributed by atoms with Crippen LogP contribution in [0.25, 0.3) is 0 Å². The maximum atomic E-state index is 13.2. The maximum Gasteiger partial charge on any atom is 0.335 e. The lowest BCUT2D eigenvalue weighted by molar-refractivity contribution is -0.301. The van der Waals surface area contributed by atoms with Crippen molar-refractivity contribution in [3.05, 3.63) is 109 Å². The molecular formula is C67H108O12. The molecule has 1 fully saturated rings. The van der Waals surface area contributed by atoms with Crippen LogP contribution in [0.4, 0.5) is 0 Å². The summed E-state index contributed by atoms with van der Waals surface area (Å²) in [5.74, 6) is -3.24. The molecule has 12 nitrogen and oxygen atoms in total. The van der Waals surface area contributed by atoms with E-state index in [4.69, 9.17) is 23.7 Å². The Morgan fingerprint density at radius 2 is 0.810 bits per heavy atom. The first kappa shape index (κ1) is 72.4. The van der Waals surface area contributed by atoms with E-state index in [1.165, 1.54) is 51.4 Å². The lowest BCUT2D eigenvalue weighted by Gasteiger charge is -2.40. The van der Waals surface area contributed by atoms with Crippen LogP contribution in [0.5, 0.6) is 0 Å². The Labute approximate surface area is 478 Å². The van der Waals surface area contributed by atoms with E-state index in [1.54, 1.807) is 0 Å². The highest BCUT2D eigenvalue weighted by Crippen LogP contribution is 2.26. The monoisotopic (exact) mass is 1100 g/mol. The number of aliphatic carboxylic acids is 1. The third-order valence-corrected chi connectivity index (χ3v) is 13.3. The van der Waals surface area contributed by atoms with Crippen molar-refractivity contribution in [2.75, 3.05) is 13.2 Å². The second kappa shape index (κ2) is 54.0. The lowest BCUT2D eigenvalue weighted by atomic mass is 9.98. The first-order chi connectivity index (χ1) is 38.6. The average Bonchev–Trinajstić information content (AvgIpc) is 3.46. The van der Waals surface area contributed by atoms with Crippen LogP contribution < -0.4 is 0 Å². The van der Waals surface area contributed by atoms with Crippen LogP contribution in [0.15, 0.2) is 109 Å². The van der Waals surface area contributed by atoms with E-state index in [0.29, 0.717) is 25.7 Å². The van der Waals surface area contributed by atoms with Crippen molar-refractivity contribution in [1.29, 1.82) is 0 Å². The predicted octanol–water partition coefficient (Wildman–Crippen LogP) is 16.2. The Morgan fingerprint density at radius 1 is 0.430 bits per heavy atom. The number of carbonyl (C=O) groups is 4. The smallest absolute Gasteiger partial charge is 0.335 e. The van der Waals surface area contributed by atoms with Crippen LogP contribution in [0, 0.1) is 0 Å². The number of carboxylic acids is 1. The van der Waals surface area contributed by atoms with Crippen molar-refractivity contribution in [2.45, 2.75) is 276 Å². The Hall–Kier alpha value is -4.62. The van der Waals surface area contributed by atoms with E-state index in [-0.39, 0.29) is 25.9 Å². The largest absolute Gasteiger partial charge is 0.479 e. The van der Waals surface area contributed by atoms with Gasteiger partial charge in [0.05, 0.1) is 6.61 Å². The number of hydrogen-bond acceptors (Lipinski definition) is 11. The standard InChI is InChI=1S/C67H108O12/c1-4-7-10-13-16-19-22-25-27-29-30-32-33-36-38-41-44-47-50-53-59(68)75-56-58(77-60(69)54-51-48-45-42-40-37-34-31-28-26-23-20-17-14-11-8-5-2)57-76-67-65(63(72)62(71)64(79-67)66(73)74)78-61(70)55-52-49-46-43-39-35-24-21-18-15-12-9-6-3/h8,11,16-17,19-21,24-28,30,32,34,37,42,45,58,62-65,67,71-72H,4-7,9-10,12-15,18,22-23,29,31,33,35-36,38-41,43-44,46-57H2,1-3H3,(H,73,74)/b11-8-,19-16-,20-17-,24-21-,27-25-,28-26-,32-30-,37-34-,45-42-. The second-order valence-electron chi connectivity index (χ2n) is 20.6. The highest BCUT2D eigenvalue weighted by atomic mass is 16.7. The molecule has 0 saturated carbocycles. The second-order valence-corrected chi connectivity index (χ2v) is 20.6. The Balaban J connectivity index is 2.73. The molecule has 6 atom stereocenters. The zero-order valence-electron chi connectivity index (χ0n) is 49.3. The summed E-state index contributed by atoms with van der Waals surface area (Å²) in [5, 5.41) is 31.5. The normalized spacial score (nSPS) is 18.6. The minimum absolute atomic E-state index is 0.0374. The number of ether oxygens (including phenoxy) is 5. The summed E-state index contributed by atoms with van der Waals surface area (Å²) >= 11 is 0. The summed E-state index contributed by atoms with van der Waals surface area (Å²) in [4.78, 5) is 51.2. The van der Waals surface area contributed by atoms with Crippen molar-refractivity contribution >= 4 is 23.9 Å². The molecule has 0 spiro atoms. The molecule has 12 heteroatoms. The number of esters is 3. The van der Waals surface area contributed by atoms with Crippen LogP contribution in [-0.2, 0) is 42.9 Å². The van der Waals surface area contributed by atoms with Gasteiger partial charge in [0, 0.05) is 19.3 Å². The Morgan fingerprint density at radius 3 is 1.29 bits per heavy atom. The zero-order valence-corrected chi connectivity index (χ0v) is 49.3. The number of rotatable bonds is 51. The molecule has 0 aliphatic carbocycles. The third-order valence-electron chi connectivity index (χ3n) is 13.3. The molecule has 1 saturated heterocycles. The highest BCUT2D eigenvalue weighted by molar-refractivity contribution is 5.74. The van der Waals surface area contributed by atoms with Crippen LogP contribution in [0.3, 0.4) is 0 Å². The van der Waals surface area contributed by atoms with Gasteiger partial charge in [-0.05, 0) is 122 Å². The molecule has 1 aliphatic rings. The third kappa shape index (κ3) is 43.8. The maximum absolute atomic E-state index is 13.2. The summed E-state index contributed by atoms with van der Waals surface area (Å²) in [7, 11) is 0. The molecule has 0 aromatic carbocycles. The molecule has 1 aliphatic heterocycles. The zero-order chi connectivity index (χ0) is 57.5. The topological polar surface area (TPSA) is 175 Å². The van der Waals surface area contributed by atoms with E-state index in [2.05, 4.69) is 118 Å². The summed E-state index contributed by atoms with van der Waals surface area (Å²) in [6.07, 6.45) is 60.6. The summed E-state index contributed by atoms with van der Waals surface area (Å²) in [6, 6.07) is 0. The van der Waals surface area contributed by atoms with E-state index < -0.39 is 67.3 Å². The Bertz CT molecular complexity index is 1790. The van der Waals surface area contributed by atoms with Gasteiger partial charge in [0.1, 0.15) is 18.8 Å². The molecule has 0 aromatic rings. The van der Waals surface area contributed by atoms with Crippen LogP contribution in [0.2, 0.25) is 0 Å². The SMILES string of the molecule is CC/C=C\C/C=C\C/C=C\C/C=C\C/C=C\CCCC(=O)OC(COC(=O)CCCCCCCC/C=C\C/C=C\C/C=C\CCCCC)COC1OC(C(=O)O)C(O)C(O)C1OC(=O)CCCCCCC/C=C\CCCCCC. The molecule has 3 N–H and O–H groups in total. The van der Waals surface area contributed by atoms with Crippen LogP contribution in [-0.4, -0.2) is 89.2 Å². The lowest BCUT2D eigenvalue weighted by Crippen LogP contribution is -2.61. The fraction of sp³-hybridized carbons (Fsp3) is 0.672. The summed E-state index contributed by atoms with van der Waals surface area (Å²) in [5.41, 5.74) is 0. The van der Waals surface area contributed by atoms with Gasteiger partial charge in [-0.2, -0.15) is 0 Å². The highest BCUT2D eigenvalue weighted by Gasteiger charge is 2.50. The predicted molar refractivity (Wildman–Crippen MR) is 321 cm³/mol. The number of allylic oxidation sites excluding steroid dienone is 18. The summed E-state index contributed by atoms with van der Waals surface area (Å²) < 4.78 is 28.4. The van der Waals surface area contributed by atoms with Gasteiger partial charge in [-0.15, -0.1) is 0 Å². The number of aliphatic hydroxyl groups is 2. The van der Waals surface area contributed by atoms with Crippen molar-refractivity contribution in [1.82, 2.24) is 0 Å². The first-order valence-corrected chi connectivity index (χ1v) is 30.9. The molecule has 79 heavy (non-hydrogen) atoms. The van der Waals surface area contributed by atoms with E-state index in [0.717, 1.165) is 122 Å². The van der Waals surface area contributed by atoms with Gasteiger partial charge in [-0.25, -0.2) is 4.79 Å². The van der Waals surface area contributed by atoms with Gasteiger partial charge in [0.15, 0.2) is 24.6 Å². The molecule has 448 valence electrons. The molecule has 0 bridgehead atoms. The Kier molecular flexibility index (Phi) is 49.5. The van der Waals surface area contributed by atoms with Gasteiger partial charge < -0.3 is 39.0 Å². The van der Waals surface area contributed by atoms with Gasteiger partial charge in [0.25, 0.3) is 0 Å².